The van der Waals surface area contributed by atoms with Crippen LogP contribution in [-0.2, 0) is 23.1 Å². The Kier molecular flexibility index (Phi) is 4.66. The average molecular weight is 309 g/mol. The summed E-state index contributed by atoms with van der Waals surface area (Å²) >= 11 is 0. The van der Waals surface area contributed by atoms with Crippen LogP contribution in [0, 0.1) is 12.7 Å². The molecule has 0 aliphatic heterocycles. The molecule has 5 nitrogen and oxygen atoms in total. The van der Waals surface area contributed by atoms with Gasteiger partial charge in [0.05, 0.1) is 4.90 Å². The third-order valence-corrected chi connectivity index (χ3v) is 4.61. The van der Waals surface area contributed by atoms with E-state index in [-0.39, 0.29) is 18.0 Å². The molecule has 0 radical (unpaired) electrons. The Morgan fingerprint density at radius 3 is 2.71 bits per heavy atom. The highest BCUT2D eigenvalue weighted by Gasteiger charge is 2.18. The van der Waals surface area contributed by atoms with Gasteiger partial charge in [0.15, 0.2) is 0 Å². The van der Waals surface area contributed by atoms with Crippen LogP contribution >= 0.6 is 0 Å². The number of sulfonamides is 1. The van der Waals surface area contributed by atoms with Crippen LogP contribution in [0.2, 0.25) is 0 Å². The SMILES string of the molecule is Cc1cnccc1CNS(=O)(=O)c1cc(F)ccc1CN. The van der Waals surface area contributed by atoms with Crippen molar-refractivity contribution in [3.63, 3.8) is 0 Å². The van der Waals surface area contributed by atoms with Crippen molar-refractivity contribution < 1.29 is 12.8 Å². The van der Waals surface area contributed by atoms with Crippen LogP contribution < -0.4 is 10.5 Å². The van der Waals surface area contributed by atoms with Crippen LogP contribution in [-0.4, -0.2) is 13.4 Å². The topological polar surface area (TPSA) is 85.1 Å². The van der Waals surface area contributed by atoms with Gasteiger partial charge >= 0.3 is 0 Å². The molecule has 1 aromatic heterocycles. The highest BCUT2D eigenvalue weighted by Crippen LogP contribution is 2.17. The number of nitrogens with zero attached hydrogens (tertiary/aromatic N) is 1. The van der Waals surface area contributed by atoms with Crippen LogP contribution in [0.1, 0.15) is 16.7 Å². The molecular formula is C14H16FN3O2S. The molecule has 1 aromatic carbocycles. The Bertz CT molecular complexity index is 748. The van der Waals surface area contributed by atoms with Crippen molar-refractivity contribution in [2.75, 3.05) is 0 Å². The molecule has 0 amide bonds. The summed E-state index contributed by atoms with van der Waals surface area (Å²) in [4.78, 5) is 3.82. The van der Waals surface area contributed by atoms with Crippen molar-refractivity contribution in [2.45, 2.75) is 24.9 Å². The van der Waals surface area contributed by atoms with Crippen LogP contribution in [0.4, 0.5) is 4.39 Å². The van der Waals surface area contributed by atoms with Gasteiger partial charge < -0.3 is 5.73 Å². The quantitative estimate of drug-likeness (QED) is 0.876. The van der Waals surface area contributed by atoms with Crippen LogP contribution in [0.3, 0.4) is 0 Å². The number of pyridine rings is 1. The average Bonchev–Trinajstić information content (AvgIpc) is 2.46. The number of rotatable bonds is 5. The predicted molar refractivity (Wildman–Crippen MR) is 77.3 cm³/mol. The Hall–Kier alpha value is -1.83. The molecule has 0 saturated carbocycles. The first kappa shape index (κ1) is 15.6. The van der Waals surface area contributed by atoms with E-state index in [0.29, 0.717) is 5.56 Å². The van der Waals surface area contributed by atoms with Gasteiger partial charge in [-0.3, -0.25) is 4.98 Å². The lowest BCUT2D eigenvalue weighted by atomic mass is 10.2. The molecule has 0 unspecified atom stereocenters. The zero-order valence-electron chi connectivity index (χ0n) is 11.5. The van der Waals surface area contributed by atoms with Gasteiger partial charge in [0.1, 0.15) is 5.82 Å². The van der Waals surface area contributed by atoms with Gasteiger partial charge in [-0.25, -0.2) is 17.5 Å². The smallest absolute Gasteiger partial charge is 0.241 e. The second-order valence-corrected chi connectivity index (χ2v) is 6.32. The molecular weight excluding hydrogens is 293 g/mol. The van der Waals surface area contributed by atoms with E-state index in [1.165, 1.54) is 12.1 Å². The van der Waals surface area contributed by atoms with Gasteiger partial charge in [-0.05, 0) is 41.8 Å². The molecule has 3 N–H and O–H groups in total. The maximum atomic E-state index is 13.3. The fourth-order valence-electron chi connectivity index (χ4n) is 1.90. The van der Waals surface area contributed by atoms with E-state index in [1.807, 2.05) is 6.92 Å². The molecule has 2 rings (SSSR count). The van der Waals surface area contributed by atoms with Crippen molar-refractivity contribution >= 4 is 10.0 Å². The predicted octanol–water partition coefficient (Wildman–Crippen LogP) is 1.47. The molecule has 0 atom stereocenters. The monoisotopic (exact) mass is 309 g/mol. The number of hydrogen-bond donors (Lipinski definition) is 2. The van der Waals surface area contributed by atoms with Crippen molar-refractivity contribution in [3.05, 3.63) is 59.2 Å². The molecule has 0 aliphatic rings. The lowest BCUT2D eigenvalue weighted by molar-refractivity contribution is 0.575. The van der Waals surface area contributed by atoms with Gasteiger partial charge in [0.25, 0.3) is 0 Å². The number of nitrogens with two attached hydrogens (primary N) is 1. The minimum atomic E-state index is -3.83. The number of halogens is 1. The van der Waals surface area contributed by atoms with E-state index in [2.05, 4.69) is 9.71 Å². The molecule has 0 aliphatic carbocycles. The van der Waals surface area contributed by atoms with E-state index >= 15 is 0 Å². The van der Waals surface area contributed by atoms with E-state index in [0.717, 1.165) is 17.2 Å². The summed E-state index contributed by atoms with van der Waals surface area (Å²) in [6.45, 7) is 1.96. The van der Waals surface area contributed by atoms with Crippen LogP contribution in [0.5, 0.6) is 0 Å². The van der Waals surface area contributed by atoms with Gasteiger partial charge in [0.2, 0.25) is 10.0 Å². The number of nitrogens with one attached hydrogen (secondary N) is 1. The van der Waals surface area contributed by atoms with E-state index in [9.17, 15) is 12.8 Å². The van der Waals surface area contributed by atoms with Crippen LogP contribution in [0.25, 0.3) is 0 Å². The first-order valence-electron chi connectivity index (χ1n) is 6.31. The van der Waals surface area contributed by atoms with Crippen LogP contribution in [0.15, 0.2) is 41.6 Å². The van der Waals surface area contributed by atoms with Gasteiger partial charge in [-0.2, -0.15) is 0 Å². The lowest BCUT2D eigenvalue weighted by Crippen LogP contribution is -2.25. The first-order valence-corrected chi connectivity index (χ1v) is 7.80. The van der Waals surface area contributed by atoms with E-state index in [1.54, 1.807) is 18.5 Å². The molecule has 0 saturated heterocycles. The number of aryl methyl sites for hydroxylation is 1. The summed E-state index contributed by atoms with van der Waals surface area (Å²) in [6, 6.07) is 5.27. The molecule has 0 fully saturated rings. The maximum absolute atomic E-state index is 13.3. The minimum absolute atomic E-state index is 0.0187. The zero-order chi connectivity index (χ0) is 15.5. The summed E-state index contributed by atoms with van der Waals surface area (Å²) in [7, 11) is -3.83. The summed E-state index contributed by atoms with van der Waals surface area (Å²) in [6.07, 6.45) is 3.24. The fraction of sp³-hybridized carbons (Fsp3) is 0.214. The highest BCUT2D eigenvalue weighted by atomic mass is 32.2. The fourth-order valence-corrected chi connectivity index (χ4v) is 3.16. The maximum Gasteiger partial charge on any atom is 0.241 e. The zero-order valence-corrected chi connectivity index (χ0v) is 12.3. The third kappa shape index (κ3) is 3.63. The Balaban J connectivity index is 2.27. The summed E-state index contributed by atoms with van der Waals surface area (Å²) < 4.78 is 40.4. The van der Waals surface area contributed by atoms with Crippen molar-refractivity contribution in [1.29, 1.82) is 0 Å². The summed E-state index contributed by atoms with van der Waals surface area (Å²) in [5, 5.41) is 0. The molecule has 21 heavy (non-hydrogen) atoms. The molecule has 2 aromatic rings. The molecule has 0 bridgehead atoms. The Morgan fingerprint density at radius 1 is 1.29 bits per heavy atom. The highest BCUT2D eigenvalue weighted by molar-refractivity contribution is 7.89. The second-order valence-electron chi connectivity index (χ2n) is 4.58. The number of aromatic nitrogens is 1. The van der Waals surface area contributed by atoms with Gasteiger partial charge in [-0.15, -0.1) is 0 Å². The second kappa shape index (κ2) is 6.30. The molecule has 112 valence electrons. The minimum Gasteiger partial charge on any atom is -0.326 e. The normalized spacial score (nSPS) is 11.6. The molecule has 1 heterocycles. The molecule has 0 spiro atoms. The standard InChI is InChI=1S/C14H16FN3O2S/c1-10-8-17-5-4-12(10)9-18-21(19,20)14-6-13(15)3-2-11(14)7-16/h2-6,8,18H,7,9,16H2,1H3. The number of hydrogen-bond acceptors (Lipinski definition) is 4. The van der Waals surface area contributed by atoms with Gasteiger partial charge in [-0.1, -0.05) is 6.07 Å². The largest absolute Gasteiger partial charge is 0.326 e. The lowest BCUT2D eigenvalue weighted by Gasteiger charge is -2.11. The Morgan fingerprint density at radius 2 is 2.05 bits per heavy atom. The van der Waals surface area contributed by atoms with Crippen molar-refractivity contribution in [3.8, 4) is 0 Å². The van der Waals surface area contributed by atoms with Gasteiger partial charge in [0, 0.05) is 25.5 Å². The Labute approximate surface area is 123 Å². The molecule has 7 heteroatoms. The van der Waals surface area contributed by atoms with E-state index < -0.39 is 15.8 Å². The summed E-state index contributed by atoms with van der Waals surface area (Å²) in [5.74, 6) is -0.618. The summed E-state index contributed by atoms with van der Waals surface area (Å²) in [5.41, 5.74) is 7.56. The van der Waals surface area contributed by atoms with Crippen molar-refractivity contribution in [1.82, 2.24) is 9.71 Å². The number of benzene rings is 1. The van der Waals surface area contributed by atoms with Crippen molar-refractivity contribution in [2.24, 2.45) is 5.73 Å². The first-order chi connectivity index (χ1) is 9.94. The van der Waals surface area contributed by atoms with E-state index in [4.69, 9.17) is 5.73 Å². The third-order valence-electron chi connectivity index (χ3n) is 3.13.